The topological polar surface area (TPSA) is 129 Å². The van der Waals surface area contributed by atoms with Crippen molar-refractivity contribution < 1.29 is 85.6 Å². The molecule has 0 saturated heterocycles. The van der Waals surface area contributed by atoms with E-state index in [9.17, 15) is 18.0 Å². The minimum Gasteiger partial charge on any atom is -1.00 e. The van der Waals surface area contributed by atoms with Crippen molar-refractivity contribution in [3.63, 3.8) is 0 Å². The van der Waals surface area contributed by atoms with Gasteiger partial charge in [0.25, 0.3) is 10.1 Å². The number of hydrogen-bond acceptors (Lipinski definition) is 4. The van der Waals surface area contributed by atoms with Crippen molar-refractivity contribution in [1.29, 1.82) is 0 Å². The Morgan fingerprint density at radius 1 is 1.16 bits per heavy atom. The predicted octanol–water partition coefficient (Wildman–Crippen LogP) is -1.74. The van der Waals surface area contributed by atoms with Crippen LogP contribution in [0.25, 0.3) is 0 Å². The van der Waals surface area contributed by atoms with Gasteiger partial charge < -0.3 is 11.6 Å². The molecule has 1 unspecified atom stereocenters. The molecule has 7 nitrogen and oxygen atoms in total. The van der Waals surface area contributed by atoms with Crippen LogP contribution in [0.4, 0.5) is 0 Å². The third-order valence-corrected chi connectivity index (χ3v) is 4.27. The number of carboxylic acids is 2. The molecule has 3 N–H and O–H groups in total. The summed E-state index contributed by atoms with van der Waals surface area (Å²) in [5.41, 5.74) is 0. The monoisotopic (exact) mass is 322 g/mol. The summed E-state index contributed by atoms with van der Waals surface area (Å²) in [7, 11) is -4.99. The summed E-state index contributed by atoms with van der Waals surface area (Å²) in [5.74, 6) is -3.41. The van der Waals surface area contributed by atoms with Gasteiger partial charge in [0.1, 0.15) is 0 Å². The summed E-state index contributed by atoms with van der Waals surface area (Å²) in [6.07, 6.45) is 0.910. The fourth-order valence-corrected chi connectivity index (χ4v) is 2.61. The Kier molecular flexibility index (Phi) is 10.8. The second-order valence-corrected chi connectivity index (χ2v) is 5.89. The van der Waals surface area contributed by atoms with E-state index < -0.39 is 39.6 Å². The van der Waals surface area contributed by atoms with Gasteiger partial charge in [-0.25, -0.2) is 0 Å². The summed E-state index contributed by atoms with van der Waals surface area (Å²) in [6, 6.07) is 0. The first-order chi connectivity index (χ1) is 8.17. The molecule has 0 heterocycles. The summed E-state index contributed by atoms with van der Waals surface area (Å²) in [5, 5.41) is 17.6. The van der Waals surface area contributed by atoms with Crippen LogP contribution < -0.4 is 51.4 Å². The Balaban J connectivity index is -0.00000144. The molecule has 0 aliphatic carbocycles. The number of aliphatic carboxylic acids is 2. The molecule has 0 spiro atoms. The molecule has 0 aromatic rings. The van der Waals surface area contributed by atoms with Crippen molar-refractivity contribution in [3.05, 3.63) is 0 Å². The number of rotatable bonds is 9. The van der Waals surface area contributed by atoms with Gasteiger partial charge in [-0.05, 0) is 6.42 Å². The molecule has 108 valence electrons. The van der Waals surface area contributed by atoms with Gasteiger partial charge in [-0.3, -0.25) is 14.1 Å². The molecular weight excluding hydrogens is 303 g/mol. The normalized spacial score (nSPS) is 14.2. The number of carboxylic acid groups (broad SMARTS) is 2. The molecule has 0 aliphatic rings. The summed E-state index contributed by atoms with van der Waals surface area (Å²) < 4.78 is 28.8. The minimum absolute atomic E-state index is 0. The van der Waals surface area contributed by atoms with E-state index in [1.54, 1.807) is 0 Å². The molecule has 0 aliphatic heterocycles. The van der Waals surface area contributed by atoms with Crippen LogP contribution in [0, 0.1) is 0 Å². The number of unbranched alkanes of at least 4 members (excludes halogenated alkanes) is 3. The van der Waals surface area contributed by atoms with Gasteiger partial charge >= 0.3 is 63.3 Å². The molecule has 0 amide bonds. The molecule has 9 heteroatoms. The standard InChI is InChI=1S/C10H18O7S.K.H/c1-2-3-4-5-6-10(9(13)14,7-8(11)12)18(15,16)17;;/h2-7H2,1H3,(H,11,12)(H,13,14)(H,15,16,17);;/q;+1;-1. The Morgan fingerprint density at radius 2 is 1.68 bits per heavy atom. The van der Waals surface area contributed by atoms with Crippen LogP contribution in [-0.2, 0) is 19.7 Å². The second kappa shape index (κ2) is 9.43. The van der Waals surface area contributed by atoms with Crippen LogP contribution >= 0.6 is 0 Å². The van der Waals surface area contributed by atoms with E-state index in [1.165, 1.54) is 0 Å². The van der Waals surface area contributed by atoms with Gasteiger partial charge in [0.15, 0.2) is 0 Å². The maximum Gasteiger partial charge on any atom is 1.00 e. The van der Waals surface area contributed by atoms with E-state index >= 15 is 0 Å². The number of hydrogen-bond donors (Lipinski definition) is 3. The predicted molar refractivity (Wildman–Crippen MR) is 64.0 cm³/mol. The first-order valence-electron chi connectivity index (χ1n) is 5.59. The fraction of sp³-hybridized carbons (Fsp3) is 0.800. The molecule has 0 fully saturated rings. The summed E-state index contributed by atoms with van der Waals surface area (Å²) in [6.45, 7) is 1.92. The van der Waals surface area contributed by atoms with E-state index in [1.807, 2.05) is 6.92 Å². The third-order valence-electron chi connectivity index (χ3n) is 2.75. The molecule has 0 aromatic carbocycles. The minimum atomic E-state index is -4.99. The molecule has 19 heavy (non-hydrogen) atoms. The average molecular weight is 322 g/mol. The average Bonchev–Trinajstić information content (AvgIpc) is 2.19. The third kappa shape index (κ3) is 6.65. The van der Waals surface area contributed by atoms with Crippen LogP contribution in [0.1, 0.15) is 46.9 Å². The van der Waals surface area contributed by atoms with Crippen LogP contribution in [0.2, 0.25) is 0 Å². The second-order valence-electron chi connectivity index (χ2n) is 4.16. The Bertz CT molecular complexity index is 412. The van der Waals surface area contributed by atoms with Crippen molar-refractivity contribution in [2.45, 2.75) is 50.2 Å². The molecule has 0 rings (SSSR count). The molecule has 0 radical (unpaired) electrons. The van der Waals surface area contributed by atoms with E-state index in [2.05, 4.69) is 0 Å². The van der Waals surface area contributed by atoms with Gasteiger partial charge in [0.2, 0.25) is 4.75 Å². The van der Waals surface area contributed by atoms with E-state index in [0.717, 1.165) is 12.8 Å². The van der Waals surface area contributed by atoms with Gasteiger partial charge in [-0.15, -0.1) is 0 Å². The van der Waals surface area contributed by atoms with Crippen molar-refractivity contribution in [2.75, 3.05) is 0 Å². The Labute approximate surface area is 156 Å². The Morgan fingerprint density at radius 3 is 2.00 bits per heavy atom. The van der Waals surface area contributed by atoms with Gasteiger partial charge in [0.05, 0.1) is 6.42 Å². The zero-order valence-electron chi connectivity index (χ0n) is 12.1. The fourth-order valence-electron chi connectivity index (χ4n) is 1.68. The van der Waals surface area contributed by atoms with Gasteiger partial charge in [0, 0.05) is 0 Å². The summed E-state index contributed by atoms with van der Waals surface area (Å²) in [4.78, 5) is 21.7. The maximum absolute atomic E-state index is 11.2. The van der Waals surface area contributed by atoms with Crippen LogP contribution in [-0.4, -0.2) is 39.9 Å². The first kappa shape index (κ1) is 21.8. The van der Waals surface area contributed by atoms with Crippen LogP contribution in [0.15, 0.2) is 0 Å². The maximum atomic E-state index is 11.2. The van der Waals surface area contributed by atoms with Crippen molar-refractivity contribution in [2.24, 2.45) is 0 Å². The molecule has 0 bridgehead atoms. The SMILES string of the molecule is CCCCCCC(CC(=O)O)(C(=O)O)S(=O)(=O)O.[H-].[K+]. The quantitative estimate of drug-likeness (QED) is 0.261. The van der Waals surface area contributed by atoms with Gasteiger partial charge in [-0.1, -0.05) is 32.6 Å². The van der Waals surface area contributed by atoms with Crippen molar-refractivity contribution >= 4 is 22.1 Å². The van der Waals surface area contributed by atoms with Crippen molar-refractivity contribution in [1.82, 2.24) is 0 Å². The van der Waals surface area contributed by atoms with Gasteiger partial charge in [-0.2, -0.15) is 8.42 Å². The first-order valence-corrected chi connectivity index (χ1v) is 7.03. The van der Waals surface area contributed by atoms with Crippen LogP contribution in [0.3, 0.4) is 0 Å². The largest absolute Gasteiger partial charge is 1.00 e. The van der Waals surface area contributed by atoms with Crippen molar-refractivity contribution in [3.8, 4) is 0 Å². The summed E-state index contributed by atoms with van der Waals surface area (Å²) >= 11 is 0. The van der Waals surface area contributed by atoms with E-state index in [0.29, 0.717) is 6.42 Å². The van der Waals surface area contributed by atoms with E-state index in [-0.39, 0.29) is 59.2 Å². The molecule has 0 aromatic heterocycles. The Hall–Kier alpha value is 0.486. The zero-order valence-corrected chi connectivity index (χ0v) is 15.1. The molecular formula is C10H19KO7S. The van der Waals surface area contributed by atoms with Crippen LogP contribution in [0.5, 0.6) is 0 Å². The molecule has 0 saturated carbocycles. The van der Waals surface area contributed by atoms with E-state index in [4.69, 9.17) is 14.8 Å². The number of carbonyl (C=O) groups is 2. The zero-order chi connectivity index (χ0) is 14.4. The smallest absolute Gasteiger partial charge is 1.00 e. The molecule has 1 atom stereocenters.